The zero-order valence-electron chi connectivity index (χ0n) is 19.7. The van der Waals surface area contributed by atoms with Gasteiger partial charge in [0.1, 0.15) is 11.6 Å². The van der Waals surface area contributed by atoms with Crippen molar-refractivity contribution in [2.45, 2.75) is 32.9 Å². The summed E-state index contributed by atoms with van der Waals surface area (Å²) in [7, 11) is 0. The van der Waals surface area contributed by atoms with Crippen LogP contribution in [0.4, 0.5) is 4.39 Å². The largest absolute Gasteiger partial charge is 0.482 e. The number of benzene rings is 2. The highest BCUT2D eigenvalue weighted by molar-refractivity contribution is 7.07. The first-order valence-corrected chi connectivity index (χ1v) is 11.9. The number of aliphatic carboxylic acids is 1. The van der Waals surface area contributed by atoms with E-state index in [1.54, 1.807) is 51.1 Å². The second-order valence-corrected chi connectivity index (χ2v) is 9.35. The van der Waals surface area contributed by atoms with E-state index in [0.29, 0.717) is 31.9 Å². The first kappa shape index (κ1) is 25.1. The highest BCUT2D eigenvalue weighted by atomic mass is 32.1. The zero-order valence-corrected chi connectivity index (χ0v) is 20.5. The smallest absolute Gasteiger partial charge is 0.341 e. The van der Waals surface area contributed by atoms with Crippen molar-refractivity contribution in [3.63, 3.8) is 0 Å². The summed E-state index contributed by atoms with van der Waals surface area (Å²) < 4.78 is 26.1. The van der Waals surface area contributed by atoms with E-state index in [4.69, 9.17) is 14.6 Å². The summed E-state index contributed by atoms with van der Waals surface area (Å²) in [6.07, 6.45) is 1.30. The standard InChI is InChI=1S/C26H23FN2O6S/c1-14(2)35-25(33)22-15(3)28-26-29(23(22)17-6-8-18(27)9-7-17)24(32)20(36-26)12-16-4-10-19(11-5-16)34-13-21(30)31/h4-12,14,23H,13H2,1-3H3,(H,30,31)/b20-12-. The molecule has 8 nitrogen and oxygen atoms in total. The monoisotopic (exact) mass is 510 g/mol. The molecule has 0 radical (unpaired) electrons. The van der Waals surface area contributed by atoms with Gasteiger partial charge in [0.15, 0.2) is 11.4 Å². The molecule has 1 aliphatic rings. The van der Waals surface area contributed by atoms with Crippen molar-refractivity contribution in [3.8, 4) is 5.75 Å². The van der Waals surface area contributed by atoms with Crippen LogP contribution in [0.3, 0.4) is 0 Å². The molecule has 0 amide bonds. The molecule has 1 aromatic heterocycles. The predicted octanol–water partition coefficient (Wildman–Crippen LogP) is 2.79. The Morgan fingerprint density at radius 2 is 1.83 bits per heavy atom. The van der Waals surface area contributed by atoms with E-state index in [2.05, 4.69) is 4.99 Å². The van der Waals surface area contributed by atoms with Gasteiger partial charge in [-0.15, -0.1) is 0 Å². The molecule has 3 aromatic rings. The number of carbonyl (C=O) groups is 2. The maximum atomic E-state index is 13.7. The normalized spacial score (nSPS) is 15.5. The van der Waals surface area contributed by atoms with E-state index < -0.39 is 30.4 Å². The number of carbonyl (C=O) groups excluding carboxylic acids is 1. The number of hydrogen-bond acceptors (Lipinski definition) is 7. The van der Waals surface area contributed by atoms with Crippen molar-refractivity contribution in [1.29, 1.82) is 0 Å². The number of halogens is 1. The third-order valence-corrected chi connectivity index (χ3v) is 6.29. The summed E-state index contributed by atoms with van der Waals surface area (Å²) in [4.78, 5) is 42.2. The molecule has 1 atom stereocenters. The third-order valence-electron chi connectivity index (χ3n) is 5.31. The third kappa shape index (κ3) is 5.28. The van der Waals surface area contributed by atoms with E-state index in [0.717, 1.165) is 0 Å². The lowest BCUT2D eigenvalue weighted by molar-refractivity contribution is -0.143. The van der Waals surface area contributed by atoms with E-state index in [9.17, 15) is 18.8 Å². The van der Waals surface area contributed by atoms with Crippen LogP contribution in [-0.4, -0.2) is 34.3 Å². The number of aromatic nitrogens is 1. The van der Waals surface area contributed by atoms with Crippen LogP contribution in [0.1, 0.15) is 37.9 Å². The van der Waals surface area contributed by atoms with Crippen molar-refractivity contribution < 1.29 is 28.6 Å². The minimum Gasteiger partial charge on any atom is -0.482 e. The summed E-state index contributed by atoms with van der Waals surface area (Å²) in [5.74, 6) is -1.72. The molecule has 2 aromatic carbocycles. The van der Waals surface area contributed by atoms with Gasteiger partial charge in [-0.05, 0) is 62.2 Å². The van der Waals surface area contributed by atoms with Crippen LogP contribution in [0.2, 0.25) is 0 Å². The number of carboxylic acid groups (broad SMARTS) is 1. The number of nitrogens with zero attached hydrogens (tertiary/aromatic N) is 2. The predicted molar refractivity (Wildman–Crippen MR) is 131 cm³/mol. The topological polar surface area (TPSA) is 107 Å². The van der Waals surface area contributed by atoms with Gasteiger partial charge in [0.05, 0.1) is 27.9 Å². The maximum Gasteiger partial charge on any atom is 0.341 e. The quantitative estimate of drug-likeness (QED) is 0.490. The Morgan fingerprint density at radius 1 is 1.17 bits per heavy atom. The van der Waals surface area contributed by atoms with Gasteiger partial charge in [-0.3, -0.25) is 9.36 Å². The minimum absolute atomic E-state index is 0.217. The lowest BCUT2D eigenvalue weighted by Crippen LogP contribution is -2.40. The molecule has 0 fully saturated rings. The molecule has 1 N–H and O–H groups in total. The van der Waals surface area contributed by atoms with Gasteiger partial charge in [0.25, 0.3) is 5.56 Å². The second kappa shape index (κ2) is 10.3. The molecule has 1 aliphatic heterocycles. The van der Waals surface area contributed by atoms with Gasteiger partial charge in [-0.2, -0.15) is 0 Å². The lowest BCUT2D eigenvalue weighted by atomic mass is 9.96. The van der Waals surface area contributed by atoms with Crippen molar-refractivity contribution in [3.05, 3.63) is 96.4 Å². The fourth-order valence-corrected chi connectivity index (χ4v) is 4.82. The molecule has 10 heteroatoms. The average molecular weight is 511 g/mol. The minimum atomic E-state index is -1.08. The number of esters is 1. The Labute approximate surface area is 209 Å². The van der Waals surface area contributed by atoms with Crippen LogP contribution >= 0.6 is 11.3 Å². The Kier molecular flexibility index (Phi) is 7.16. The van der Waals surface area contributed by atoms with Gasteiger partial charge in [-0.1, -0.05) is 35.6 Å². The molecule has 36 heavy (non-hydrogen) atoms. The molecule has 0 aliphatic carbocycles. The summed E-state index contributed by atoms with van der Waals surface area (Å²) in [6.45, 7) is 4.68. The highest BCUT2D eigenvalue weighted by Crippen LogP contribution is 2.31. The Balaban J connectivity index is 1.81. The maximum absolute atomic E-state index is 13.7. The van der Waals surface area contributed by atoms with Crippen molar-refractivity contribution >= 4 is 29.4 Å². The Morgan fingerprint density at radius 3 is 2.44 bits per heavy atom. The number of rotatable bonds is 7. The molecule has 2 heterocycles. The van der Waals surface area contributed by atoms with Gasteiger partial charge in [0, 0.05) is 0 Å². The zero-order chi connectivity index (χ0) is 26.0. The summed E-state index contributed by atoms with van der Waals surface area (Å²) in [6, 6.07) is 11.4. The first-order chi connectivity index (χ1) is 17.1. The molecule has 0 bridgehead atoms. The molecule has 0 saturated heterocycles. The fraction of sp³-hybridized carbons (Fsp3) is 0.231. The number of carboxylic acids is 1. The van der Waals surface area contributed by atoms with Crippen LogP contribution in [0.15, 0.2) is 69.6 Å². The molecule has 186 valence electrons. The summed E-state index contributed by atoms with van der Waals surface area (Å²) >= 11 is 1.17. The second-order valence-electron chi connectivity index (χ2n) is 8.34. The Hall–Kier alpha value is -4.05. The average Bonchev–Trinajstić information content (AvgIpc) is 3.12. The number of fused-ring (bicyclic) bond motifs is 1. The van der Waals surface area contributed by atoms with Crippen LogP contribution in [0, 0.1) is 5.82 Å². The van der Waals surface area contributed by atoms with E-state index in [1.165, 1.54) is 40.2 Å². The number of allylic oxidation sites excluding steroid dienone is 1. The number of thiazole rings is 1. The lowest BCUT2D eigenvalue weighted by Gasteiger charge is -2.25. The summed E-state index contributed by atoms with van der Waals surface area (Å²) in [5, 5.41) is 8.74. The van der Waals surface area contributed by atoms with Crippen LogP contribution in [0.25, 0.3) is 6.08 Å². The van der Waals surface area contributed by atoms with Crippen LogP contribution in [-0.2, 0) is 14.3 Å². The SMILES string of the molecule is CC1=C(C(=O)OC(C)C)C(c2ccc(F)cc2)n2c(s/c(=C\c3ccc(OCC(=O)O)cc3)c2=O)=N1. The Bertz CT molecular complexity index is 1520. The van der Waals surface area contributed by atoms with Gasteiger partial charge in [0.2, 0.25) is 0 Å². The van der Waals surface area contributed by atoms with E-state index in [1.807, 2.05) is 0 Å². The number of hydrogen-bond donors (Lipinski definition) is 1. The van der Waals surface area contributed by atoms with Gasteiger partial charge >= 0.3 is 11.9 Å². The van der Waals surface area contributed by atoms with Crippen molar-refractivity contribution in [2.75, 3.05) is 6.61 Å². The van der Waals surface area contributed by atoms with E-state index >= 15 is 0 Å². The summed E-state index contributed by atoms with van der Waals surface area (Å²) in [5.41, 5.74) is 1.52. The fourth-order valence-electron chi connectivity index (χ4n) is 3.78. The van der Waals surface area contributed by atoms with Gasteiger partial charge in [-0.25, -0.2) is 19.0 Å². The number of ether oxygens (including phenoxy) is 2. The highest BCUT2D eigenvalue weighted by Gasteiger charge is 2.33. The molecular formula is C26H23FN2O6S. The van der Waals surface area contributed by atoms with Crippen molar-refractivity contribution in [2.24, 2.45) is 4.99 Å². The van der Waals surface area contributed by atoms with Crippen LogP contribution in [0.5, 0.6) is 5.75 Å². The molecule has 0 spiro atoms. The van der Waals surface area contributed by atoms with Crippen molar-refractivity contribution in [1.82, 2.24) is 4.57 Å². The van der Waals surface area contributed by atoms with Gasteiger partial charge < -0.3 is 14.6 Å². The first-order valence-electron chi connectivity index (χ1n) is 11.1. The molecule has 4 rings (SSSR count). The van der Waals surface area contributed by atoms with E-state index in [-0.39, 0.29) is 17.2 Å². The van der Waals surface area contributed by atoms with Crippen LogP contribution < -0.4 is 19.6 Å². The molecular weight excluding hydrogens is 487 g/mol. The molecule has 0 saturated carbocycles. The molecule has 1 unspecified atom stereocenters.